The van der Waals surface area contributed by atoms with Gasteiger partial charge in [0.1, 0.15) is 0 Å². The van der Waals surface area contributed by atoms with Crippen molar-refractivity contribution in [3.8, 4) is 0 Å². The van der Waals surface area contributed by atoms with Crippen molar-refractivity contribution in [2.24, 2.45) is 0 Å². The van der Waals surface area contributed by atoms with E-state index in [1.54, 1.807) is 19.4 Å². The van der Waals surface area contributed by atoms with E-state index in [1.165, 1.54) is 0 Å². The Morgan fingerprint density at radius 3 is 2.46 bits per heavy atom. The van der Waals surface area contributed by atoms with Crippen molar-refractivity contribution >= 4 is 0 Å². The van der Waals surface area contributed by atoms with Crippen LogP contribution < -0.4 is 0 Å². The maximum Gasteiger partial charge on any atom is 0.0852 e. The molecule has 13 heavy (non-hydrogen) atoms. The predicted molar refractivity (Wildman–Crippen MR) is 52.2 cm³/mol. The summed E-state index contributed by atoms with van der Waals surface area (Å²) in [6.07, 6.45) is 1.70. The van der Waals surface area contributed by atoms with Gasteiger partial charge < -0.3 is 9.84 Å². The molecule has 0 saturated heterocycles. The van der Waals surface area contributed by atoms with E-state index in [1.807, 2.05) is 19.9 Å². The van der Waals surface area contributed by atoms with Crippen LogP contribution in [0.5, 0.6) is 0 Å². The van der Waals surface area contributed by atoms with Gasteiger partial charge in [0.25, 0.3) is 0 Å². The van der Waals surface area contributed by atoms with Gasteiger partial charge in [-0.3, -0.25) is 4.98 Å². The van der Waals surface area contributed by atoms with Gasteiger partial charge in [0.05, 0.1) is 18.9 Å². The highest BCUT2D eigenvalue weighted by Gasteiger charge is 1.92. The average molecular weight is 183 g/mol. The van der Waals surface area contributed by atoms with Crippen molar-refractivity contribution in [3.63, 3.8) is 0 Å². The minimum absolute atomic E-state index is 0.00668. The van der Waals surface area contributed by atoms with Crippen molar-refractivity contribution in [1.29, 1.82) is 0 Å². The van der Waals surface area contributed by atoms with Crippen LogP contribution in [-0.4, -0.2) is 17.2 Å². The molecule has 0 aliphatic heterocycles. The Hall–Kier alpha value is -0.930. The maximum atomic E-state index is 8.66. The van der Waals surface area contributed by atoms with Gasteiger partial charge in [-0.1, -0.05) is 19.9 Å². The number of aliphatic hydroxyl groups excluding tert-OH is 1. The van der Waals surface area contributed by atoms with E-state index in [4.69, 9.17) is 9.84 Å². The Bertz CT molecular complexity index is 209. The van der Waals surface area contributed by atoms with Crippen LogP contribution in [0.3, 0.4) is 0 Å². The highest BCUT2D eigenvalue weighted by molar-refractivity contribution is 5.12. The topological polar surface area (TPSA) is 42.4 Å². The molecule has 1 rings (SSSR count). The first kappa shape index (κ1) is 12.1. The zero-order chi connectivity index (χ0) is 10.1. The fraction of sp³-hybridized carbons (Fsp3) is 0.500. The van der Waals surface area contributed by atoms with Crippen molar-refractivity contribution in [2.45, 2.75) is 27.1 Å². The van der Waals surface area contributed by atoms with Crippen molar-refractivity contribution < 1.29 is 9.84 Å². The molecule has 0 amide bonds. The molecule has 1 aromatic heterocycles. The summed E-state index contributed by atoms with van der Waals surface area (Å²) in [5.74, 6) is 0. The quantitative estimate of drug-likeness (QED) is 0.776. The molecule has 1 N–H and O–H groups in total. The van der Waals surface area contributed by atoms with Crippen molar-refractivity contribution in [2.75, 3.05) is 7.11 Å². The molecular formula is C10H17NO2. The fourth-order valence-electron chi connectivity index (χ4n) is 0.801. The second kappa shape index (κ2) is 7.71. The minimum Gasteiger partial charge on any atom is -0.390 e. The lowest BCUT2D eigenvalue weighted by Gasteiger charge is -1.98. The summed E-state index contributed by atoms with van der Waals surface area (Å²) >= 11 is 0. The highest BCUT2D eigenvalue weighted by Crippen LogP contribution is 2.00. The summed E-state index contributed by atoms with van der Waals surface area (Å²) in [7, 11) is 1.64. The summed E-state index contributed by atoms with van der Waals surface area (Å²) in [6, 6.07) is 3.68. The third-order valence-corrected chi connectivity index (χ3v) is 1.36. The Labute approximate surface area is 79.4 Å². The molecule has 0 bridgehead atoms. The van der Waals surface area contributed by atoms with Crippen molar-refractivity contribution in [3.05, 3.63) is 29.6 Å². The summed E-state index contributed by atoms with van der Waals surface area (Å²) in [5.41, 5.74) is 1.70. The third-order valence-electron chi connectivity index (χ3n) is 1.36. The van der Waals surface area contributed by atoms with Crippen LogP contribution in [0.25, 0.3) is 0 Å². The van der Waals surface area contributed by atoms with Gasteiger partial charge >= 0.3 is 0 Å². The van der Waals surface area contributed by atoms with E-state index in [2.05, 4.69) is 4.98 Å². The summed E-state index contributed by atoms with van der Waals surface area (Å²) in [5, 5.41) is 8.66. The average Bonchev–Trinajstić information content (AvgIpc) is 2.23. The standard InChI is InChI=1S/C8H11NO2.C2H6/c1-11-6-7-2-3-8(5-10)9-4-7;1-2/h2-4,10H,5-6H2,1H3;1-2H3. The Morgan fingerprint density at radius 1 is 1.38 bits per heavy atom. The largest absolute Gasteiger partial charge is 0.390 e. The van der Waals surface area contributed by atoms with Crippen molar-refractivity contribution in [1.82, 2.24) is 4.98 Å². The molecular weight excluding hydrogens is 166 g/mol. The SMILES string of the molecule is CC.COCc1ccc(CO)nc1. The smallest absolute Gasteiger partial charge is 0.0852 e. The number of pyridine rings is 1. The lowest BCUT2D eigenvalue weighted by atomic mass is 10.3. The van der Waals surface area contributed by atoms with Gasteiger partial charge in [0, 0.05) is 13.3 Å². The van der Waals surface area contributed by atoms with Gasteiger partial charge in [-0.05, 0) is 11.6 Å². The number of aromatic nitrogens is 1. The molecule has 74 valence electrons. The van der Waals surface area contributed by atoms with Gasteiger partial charge in [0.15, 0.2) is 0 Å². The van der Waals surface area contributed by atoms with E-state index in [9.17, 15) is 0 Å². The molecule has 0 aliphatic rings. The molecule has 3 heteroatoms. The van der Waals surface area contributed by atoms with Gasteiger partial charge in [0.2, 0.25) is 0 Å². The van der Waals surface area contributed by atoms with E-state index in [0.29, 0.717) is 12.3 Å². The normalized spacial score (nSPS) is 8.92. The molecule has 1 heterocycles. The Balaban J connectivity index is 0.000000671. The molecule has 1 aromatic rings. The van der Waals surface area contributed by atoms with Crippen LogP contribution in [0, 0.1) is 0 Å². The molecule has 0 aromatic carbocycles. The fourth-order valence-corrected chi connectivity index (χ4v) is 0.801. The van der Waals surface area contributed by atoms with Crippen LogP contribution in [0.2, 0.25) is 0 Å². The van der Waals surface area contributed by atoms with E-state index in [0.717, 1.165) is 5.56 Å². The number of hydrogen-bond acceptors (Lipinski definition) is 3. The summed E-state index contributed by atoms with van der Waals surface area (Å²) in [6.45, 7) is 4.56. The first-order chi connectivity index (χ1) is 6.36. The number of nitrogens with zero attached hydrogens (tertiary/aromatic N) is 1. The third kappa shape index (κ3) is 4.60. The minimum atomic E-state index is -0.00668. The highest BCUT2D eigenvalue weighted by atomic mass is 16.5. The molecule has 0 aliphatic carbocycles. The van der Waals surface area contributed by atoms with Gasteiger partial charge in [-0.2, -0.15) is 0 Å². The summed E-state index contributed by atoms with van der Waals surface area (Å²) < 4.78 is 4.90. The maximum absolute atomic E-state index is 8.66. The molecule has 0 saturated carbocycles. The first-order valence-corrected chi connectivity index (χ1v) is 4.40. The lowest BCUT2D eigenvalue weighted by Crippen LogP contribution is -1.92. The van der Waals surface area contributed by atoms with E-state index >= 15 is 0 Å². The van der Waals surface area contributed by atoms with Gasteiger partial charge in [-0.25, -0.2) is 0 Å². The first-order valence-electron chi connectivity index (χ1n) is 4.40. The number of hydrogen-bond donors (Lipinski definition) is 1. The second-order valence-corrected chi connectivity index (χ2v) is 2.25. The van der Waals surface area contributed by atoms with Crippen LogP contribution in [0.15, 0.2) is 18.3 Å². The molecule has 0 atom stereocenters. The number of aliphatic hydroxyl groups is 1. The monoisotopic (exact) mass is 183 g/mol. The molecule has 0 fully saturated rings. The number of methoxy groups -OCH3 is 1. The molecule has 0 spiro atoms. The number of ether oxygens (including phenoxy) is 1. The molecule has 0 radical (unpaired) electrons. The van der Waals surface area contributed by atoms with Gasteiger partial charge in [-0.15, -0.1) is 0 Å². The molecule has 3 nitrogen and oxygen atoms in total. The Kier molecular flexibility index (Phi) is 7.15. The Morgan fingerprint density at radius 2 is 2.08 bits per heavy atom. The second-order valence-electron chi connectivity index (χ2n) is 2.25. The van der Waals surface area contributed by atoms with E-state index in [-0.39, 0.29) is 6.61 Å². The molecule has 0 unspecified atom stereocenters. The zero-order valence-corrected chi connectivity index (χ0v) is 8.45. The van der Waals surface area contributed by atoms with Crippen LogP contribution in [0.4, 0.5) is 0 Å². The zero-order valence-electron chi connectivity index (χ0n) is 8.45. The summed E-state index contributed by atoms with van der Waals surface area (Å²) in [4.78, 5) is 3.99. The van der Waals surface area contributed by atoms with Crippen LogP contribution in [0.1, 0.15) is 25.1 Å². The van der Waals surface area contributed by atoms with Crippen LogP contribution >= 0.6 is 0 Å². The lowest BCUT2D eigenvalue weighted by molar-refractivity contribution is 0.184. The van der Waals surface area contributed by atoms with E-state index < -0.39 is 0 Å². The number of rotatable bonds is 3. The predicted octanol–water partition coefficient (Wildman–Crippen LogP) is 1.75. The van der Waals surface area contributed by atoms with Crippen LogP contribution in [-0.2, 0) is 18.0 Å².